The predicted molar refractivity (Wildman–Crippen MR) is 59.5 cm³/mol. The van der Waals surface area contributed by atoms with E-state index in [-0.39, 0.29) is 0 Å². The van der Waals surface area contributed by atoms with Crippen LogP contribution >= 0.6 is 0 Å². The van der Waals surface area contributed by atoms with Gasteiger partial charge >= 0.3 is 7.25 Å². The van der Waals surface area contributed by atoms with Crippen LogP contribution in [0.4, 0.5) is 17.3 Å². The molecule has 0 fully saturated rings. The fourth-order valence-electron chi connectivity index (χ4n) is 0.908. The van der Waals surface area contributed by atoms with E-state index in [0.29, 0.717) is 10.9 Å². The van der Waals surface area contributed by atoms with Crippen LogP contribution in [0.5, 0.6) is 0 Å². The molecule has 15 heavy (non-hydrogen) atoms. The van der Waals surface area contributed by atoms with Gasteiger partial charge in [0.25, 0.3) is 0 Å². The first-order valence-corrected chi connectivity index (χ1v) is 6.45. The summed E-state index contributed by atoms with van der Waals surface area (Å²) in [5, 5.41) is 0. The molecule has 0 nitrogen and oxygen atoms in total. The average Bonchev–Trinajstić information content (AvgIpc) is 2.01. The lowest BCUT2D eigenvalue weighted by atomic mass is 10.2. The van der Waals surface area contributed by atoms with E-state index in [1.165, 1.54) is 11.3 Å². The quantitative estimate of drug-likeness (QED) is 0.422. The largest absolute Gasteiger partial charge is 0.673 e. The van der Waals surface area contributed by atoms with Crippen LogP contribution in [-0.2, 0) is 16.6 Å². The fraction of sp³-hybridized carbons (Fsp3) is 0.333. The van der Waals surface area contributed by atoms with Gasteiger partial charge in [-0.15, -0.1) is 0 Å². The maximum Gasteiger partial charge on any atom is 0.673 e. The summed E-state index contributed by atoms with van der Waals surface area (Å²) in [4.78, 5) is 0. The highest BCUT2D eigenvalue weighted by molar-refractivity contribution is 7.94. The van der Waals surface area contributed by atoms with Crippen LogP contribution in [0, 0.1) is 0 Å². The predicted octanol–water partition coefficient (Wildman–Crippen LogP) is 3.36. The summed E-state index contributed by atoms with van der Waals surface area (Å²) in [6.45, 7) is 0. The average molecular weight is 240 g/mol. The van der Waals surface area contributed by atoms with Crippen molar-refractivity contribution in [2.24, 2.45) is 0 Å². The smallest absolute Gasteiger partial charge is 0.418 e. The van der Waals surface area contributed by atoms with Crippen molar-refractivity contribution in [3.05, 3.63) is 35.9 Å². The lowest BCUT2D eigenvalue weighted by molar-refractivity contribution is 0.368. The second-order valence-electron chi connectivity index (χ2n) is 3.11. The lowest BCUT2D eigenvalue weighted by Crippen LogP contribution is -2.02. The molecule has 0 aliphatic carbocycles. The van der Waals surface area contributed by atoms with E-state index in [1.807, 2.05) is 0 Å². The first kappa shape index (κ1) is 14.4. The van der Waals surface area contributed by atoms with Gasteiger partial charge in [0.15, 0.2) is 0 Å². The molecule has 0 aromatic heterocycles. The normalized spacial score (nSPS) is 10.9. The first-order valence-electron chi connectivity index (χ1n) is 4.24. The van der Waals surface area contributed by atoms with Crippen molar-refractivity contribution < 1.29 is 17.3 Å². The maximum absolute atomic E-state index is 9.75. The van der Waals surface area contributed by atoms with E-state index in [9.17, 15) is 17.3 Å². The highest BCUT2D eigenvalue weighted by Gasteiger charge is 2.20. The second kappa shape index (κ2) is 6.77. The minimum Gasteiger partial charge on any atom is -0.418 e. The van der Waals surface area contributed by atoms with Crippen molar-refractivity contribution in [1.82, 2.24) is 0 Å². The van der Waals surface area contributed by atoms with Crippen LogP contribution in [0.15, 0.2) is 30.3 Å². The molecular formula is C9H13BF4S. The molecule has 0 saturated carbocycles. The fourth-order valence-corrected chi connectivity index (χ4v) is 1.77. The molecule has 0 spiro atoms. The summed E-state index contributed by atoms with van der Waals surface area (Å²) in [5.41, 5.74) is 1.45. The molecule has 0 N–H and O–H groups in total. The lowest BCUT2D eigenvalue weighted by Gasteiger charge is -1.95. The third-order valence-electron chi connectivity index (χ3n) is 1.30. The molecule has 0 unspecified atom stereocenters. The summed E-state index contributed by atoms with van der Waals surface area (Å²) < 4.78 is 39.0. The van der Waals surface area contributed by atoms with E-state index in [1.54, 1.807) is 0 Å². The van der Waals surface area contributed by atoms with Crippen LogP contribution < -0.4 is 0 Å². The van der Waals surface area contributed by atoms with Gasteiger partial charge in [-0.1, -0.05) is 30.3 Å². The Balaban J connectivity index is 0.000000336. The zero-order valence-electron chi connectivity index (χ0n) is 8.59. The molecule has 0 aliphatic rings. The maximum atomic E-state index is 9.75. The minimum atomic E-state index is -6.00. The second-order valence-corrected chi connectivity index (χ2v) is 5.37. The molecule has 0 aliphatic heterocycles. The molecule has 1 rings (SSSR count). The van der Waals surface area contributed by atoms with Crippen LogP contribution in [0.25, 0.3) is 0 Å². The molecule has 86 valence electrons. The standard InChI is InChI=1S/C9H13S.BF4/c1-10(2)8-9-6-4-3-5-7-9;2-1(3,4)5/h3-7H,8H2,1-2H3;/q+1;-1. The molecule has 0 bridgehead atoms. The summed E-state index contributed by atoms with van der Waals surface area (Å²) >= 11 is 0. The number of rotatable bonds is 2. The Morgan fingerprint density at radius 1 is 1.00 bits per heavy atom. The molecule has 0 heterocycles. The van der Waals surface area contributed by atoms with Gasteiger partial charge in [-0.3, -0.25) is 0 Å². The van der Waals surface area contributed by atoms with Gasteiger partial charge in [0.05, 0.1) is 12.5 Å². The molecule has 6 heteroatoms. The van der Waals surface area contributed by atoms with Crippen molar-refractivity contribution >= 4 is 18.1 Å². The number of benzene rings is 1. The Hall–Kier alpha value is -0.645. The van der Waals surface area contributed by atoms with Crippen LogP contribution in [0.1, 0.15) is 5.56 Å². The highest BCUT2D eigenvalue weighted by atomic mass is 32.2. The molecule has 1 aromatic carbocycles. The third-order valence-corrected chi connectivity index (χ3v) is 2.21. The number of hydrogen-bond acceptors (Lipinski definition) is 0. The molecular weight excluding hydrogens is 227 g/mol. The van der Waals surface area contributed by atoms with Gasteiger partial charge in [0.2, 0.25) is 0 Å². The van der Waals surface area contributed by atoms with Gasteiger partial charge in [-0.2, -0.15) is 0 Å². The first-order chi connectivity index (χ1) is 6.79. The van der Waals surface area contributed by atoms with E-state index < -0.39 is 7.25 Å². The zero-order valence-corrected chi connectivity index (χ0v) is 9.41. The van der Waals surface area contributed by atoms with Crippen molar-refractivity contribution in [3.8, 4) is 0 Å². The Labute approximate surface area is 90.1 Å². The van der Waals surface area contributed by atoms with Gasteiger partial charge in [0, 0.05) is 5.56 Å². The highest BCUT2D eigenvalue weighted by Crippen LogP contribution is 2.06. The molecule has 0 saturated heterocycles. The van der Waals surface area contributed by atoms with Crippen LogP contribution in [0.3, 0.4) is 0 Å². The summed E-state index contributed by atoms with van der Waals surface area (Å²) in [6, 6.07) is 10.6. The SMILES string of the molecule is C[S+](C)Cc1ccccc1.F[B-](F)(F)F. The Morgan fingerprint density at radius 3 is 1.73 bits per heavy atom. The van der Waals surface area contributed by atoms with Gasteiger partial charge in [-0.25, -0.2) is 0 Å². The van der Waals surface area contributed by atoms with E-state index in [4.69, 9.17) is 0 Å². The Kier molecular flexibility index (Phi) is 6.48. The van der Waals surface area contributed by atoms with Gasteiger partial charge in [-0.05, 0) is 10.9 Å². The van der Waals surface area contributed by atoms with Gasteiger partial charge in [0.1, 0.15) is 5.75 Å². The molecule has 0 amide bonds. The van der Waals surface area contributed by atoms with E-state index in [0.717, 1.165) is 0 Å². The van der Waals surface area contributed by atoms with Crippen molar-refractivity contribution in [2.75, 3.05) is 12.5 Å². The van der Waals surface area contributed by atoms with Crippen molar-refractivity contribution in [2.45, 2.75) is 5.75 Å². The Bertz CT molecular complexity index is 255. The van der Waals surface area contributed by atoms with Gasteiger partial charge < -0.3 is 17.3 Å². The van der Waals surface area contributed by atoms with E-state index in [2.05, 4.69) is 42.8 Å². The topological polar surface area (TPSA) is 0 Å². The molecule has 0 atom stereocenters. The summed E-state index contributed by atoms with van der Waals surface area (Å²) in [6.07, 6.45) is 4.54. The zero-order chi connectivity index (χ0) is 11.9. The number of halogens is 4. The minimum absolute atomic E-state index is 0.533. The molecule has 1 aromatic rings. The Morgan fingerprint density at radius 2 is 1.40 bits per heavy atom. The summed E-state index contributed by atoms with van der Waals surface area (Å²) in [5.74, 6) is 1.22. The number of hydrogen-bond donors (Lipinski definition) is 0. The molecule has 0 radical (unpaired) electrons. The summed E-state index contributed by atoms with van der Waals surface area (Å²) in [7, 11) is -5.47. The van der Waals surface area contributed by atoms with Crippen molar-refractivity contribution in [1.29, 1.82) is 0 Å². The van der Waals surface area contributed by atoms with Crippen LogP contribution in [0.2, 0.25) is 0 Å². The van der Waals surface area contributed by atoms with Crippen LogP contribution in [-0.4, -0.2) is 19.8 Å². The third kappa shape index (κ3) is 13.4. The monoisotopic (exact) mass is 240 g/mol. The van der Waals surface area contributed by atoms with Crippen molar-refractivity contribution in [3.63, 3.8) is 0 Å². The van der Waals surface area contributed by atoms with E-state index >= 15 is 0 Å².